The van der Waals surface area contributed by atoms with Crippen molar-refractivity contribution in [1.82, 2.24) is 4.90 Å². The van der Waals surface area contributed by atoms with E-state index in [1.165, 1.54) is 122 Å². The van der Waals surface area contributed by atoms with Crippen LogP contribution in [0.2, 0.25) is 0 Å². The second-order valence-electron chi connectivity index (χ2n) is 19.0. The van der Waals surface area contributed by atoms with Crippen LogP contribution in [0.25, 0.3) is 0 Å². The van der Waals surface area contributed by atoms with E-state index in [-0.39, 0.29) is 24.1 Å². The Labute approximate surface area is 400 Å². The highest BCUT2D eigenvalue weighted by atomic mass is 32.3. The number of carbonyl (C=O) groups excluding carboxylic acids is 2. The van der Waals surface area contributed by atoms with Crippen molar-refractivity contribution in [3.8, 4) is 0 Å². The third-order valence-electron chi connectivity index (χ3n) is 11.6. The number of ether oxygens (including phenoxy) is 2. The van der Waals surface area contributed by atoms with Gasteiger partial charge in [0, 0.05) is 32.5 Å². The number of nitrogens with zero attached hydrogens (tertiary/aromatic N) is 2. The molecule has 5 atom stereocenters. The number of unbranched alkanes of at least 4 members (excludes halogenated alkanes) is 22. The van der Waals surface area contributed by atoms with Crippen LogP contribution in [0.3, 0.4) is 0 Å². The SMILES string of the molecule is CCCCCCCC=CCCCCCCCCC(=O)OC(C)C[N+](C)(CCN(CC(C)O)CC(C)OC(=O)CCCCCCC/C=C/CCCCCCCC)CC(C)O.COS(=O)(=O)[O-]. The van der Waals surface area contributed by atoms with Crippen molar-refractivity contribution in [1.29, 1.82) is 0 Å². The fraction of sp³-hybridized carbons (Fsp3) is 0.885. The summed E-state index contributed by atoms with van der Waals surface area (Å²) in [5.41, 5.74) is 0. The van der Waals surface area contributed by atoms with Crippen LogP contribution >= 0.6 is 0 Å². The molecule has 0 saturated carbocycles. The van der Waals surface area contributed by atoms with E-state index >= 15 is 0 Å². The van der Waals surface area contributed by atoms with E-state index in [4.69, 9.17) is 9.47 Å². The molecular weight excluding hydrogens is 845 g/mol. The van der Waals surface area contributed by atoms with E-state index in [2.05, 4.69) is 54.3 Å². The molecule has 0 aliphatic carbocycles. The maximum absolute atomic E-state index is 12.7. The Bertz CT molecular complexity index is 1260. The third kappa shape index (κ3) is 49.8. The summed E-state index contributed by atoms with van der Waals surface area (Å²) in [7, 11) is -1.51. The summed E-state index contributed by atoms with van der Waals surface area (Å²) in [6.45, 7) is 15.4. The van der Waals surface area contributed by atoms with Gasteiger partial charge in [0.05, 0.1) is 26.8 Å². The fourth-order valence-corrected chi connectivity index (χ4v) is 8.21. The van der Waals surface area contributed by atoms with Gasteiger partial charge in [0.25, 0.3) is 0 Å². The first-order valence-corrected chi connectivity index (χ1v) is 27.4. The minimum atomic E-state index is -4.41. The zero-order valence-corrected chi connectivity index (χ0v) is 43.9. The Morgan fingerprint density at radius 3 is 1.28 bits per heavy atom. The van der Waals surface area contributed by atoms with Crippen molar-refractivity contribution in [3.63, 3.8) is 0 Å². The lowest BCUT2D eigenvalue weighted by Gasteiger charge is -2.39. The molecule has 13 heteroatoms. The summed E-state index contributed by atoms with van der Waals surface area (Å²) in [6.07, 6.45) is 40.5. The summed E-state index contributed by atoms with van der Waals surface area (Å²) in [5, 5.41) is 20.7. The second kappa shape index (κ2) is 44.6. The van der Waals surface area contributed by atoms with E-state index in [0.717, 1.165) is 52.1 Å². The first-order chi connectivity index (χ1) is 31.0. The summed E-state index contributed by atoms with van der Waals surface area (Å²) >= 11 is 0. The van der Waals surface area contributed by atoms with Crippen LogP contribution in [0, 0.1) is 0 Å². The van der Waals surface area contributed by atoms with Crippen molar-refractivity contribution >= 4 is 22.3 Å². The van der Waals surface area contributed by atoms with Crippen molar-refractivity contribution in [3.05, 3.63) is 24.3 Å². The quantitative estimate of drug-likeness (QED) is 0.0149. The van der Waals surface area contributed by atoms with Crippen molar-refractivity contribution in [2.24, 2.45) is 0 Å². The van der Waals surface area contributed by atoms with E-state index in [1.54, 1.807) is 13.8 Å². The lowest BCUT2D eigenvalue weighted by atomic mass is 10.1. The van der Waals surface area contributed by atoms with E-state index in [1.807, 2.05) is 13.8 Å². The maximum Gasteiger partial charge on any atom is 0.306 e. The molecule has 65 heavy (non-hydrogen) atoms. The normalized spacial score (nSPS) is 14.8. The number of rotatable bonds is 44. The average Bonchev–Trinajstić information content (AvgIpc) is 3.22. The van der Waals surface area contributed by atoms with Gasteiger partial charge >= 0.3 is 11.9 Å². The standard InChI is InChI=1S/C51H99N2O6.CH4O4S/c1-8-10-12-14-16-18-20-22-24-26-28-30-32-34-36-38-50(56)58-48(5)43-52(42-46(3)54)40-41-53(7,44-47(4)55)45-49(6)59-51(57)39-37-35-33-31-29-27-25-23-21-19-17-15-13-11-9-2;1-5-6(2,3)4/h21-24,46-49,54-55H,8-20,25-45H2,1-7H3;1H3,(H,2,3,4)/q+1;/p-1/b23-21?,24-22+;. The van der Waals surface area contributed by atoms with Gasteiger partial charge in [-0.2, -0.15) is 0 Å². The minimum absolute atomic E-state index is 0.144. The highest BCUT2D eigenvalue weighted by Gasteiger charge is 2.29. The number of likely N-dealkylation sites (N-methyl/N-ethyl adjacent to an activating group) is 1. The van der Waals surface area contributed by atoms with E-state index in [0.29, 0.717) is 56.6 Å². The summed E-state index contributed by atoms with van der Waals surface area (Å²) in [5.74, 6) is -0.298. The molecule has 0 rings (SSSR count). The van der Waals surface area contributed by atoms with Crippen molar-refractivity contribution < 1.29 is 50.9 Å². The molecule has 0 bridgehead atoms. The number of aliphatic hydroxyl groups is 2. The van der Waals surface area contributed by atoms with E-state index in [9.17, 15) is 32.8 Å². The molecule has 0 heterocycles. The van der Waals surface area contributed by atoms with Crippen LogP contribution in [0.15, 0.2) is 24.3 Å². The number of esters is 2. The molecule has 0 aromatic rings. The van der Waals surface area contributed by atoms with Crippen LogP contribution in [0.1, 0.15) is 221 Å². The first-order valence-electron chi connectivity index (χ1n) is 26.1. The predicted octanol–water partition coefficient (Wildman–Crippen LogP) is 11.5. The lowest BCUT2D eigenvalue weighted by molar-refractivity contribution is -0.914. The minimum Gasteiger partial charge on any atom is -0.726 e. The van der Waals surface area contributed by atoms with Crippen LogP contribution < -0.4 is 0 Å². The monoisotopic (exact) mass is 947 g/mol. The van der Waals surface area contributed by atoms with Crippen LogP contribution in [0.5, 0.6) is 0 Å². The Hall–Kier alpha value is -1.87. The Morgan fingerprint density at radius 2 is 0.923 bits per heavy atom. The molecule has 5 unspecified atom stereocenters. The Kier molecular flexibility index (Phi) is 44.8. The third-order valence-corrected chi connectivity index (χ3v) is 12.0. The highest BCUT2D eigenvalue weighted by Crippen LogP contribution is 2.15. The van der Waals surface area contributed by atoms with Crippen molar-refractivity contribution in [2.45, 2.75) is 246 Å². The second-order valence-corrected chi connectivity index (χ2v) is 20.2. The fourth-order valence-electron chi connectivity index (χ4n) is 8.21. The summed E-state index contributed by atoms with van der Waals surface area (Å²) < 4.78 is 43.2. The number of hydrogen-bond donors (Lipinski definition) is 2. The molecule has 0 amide bonds. The molecule has 0 aliphatic heterocycles. The number of allylic oxidation sites excluding steroid dienone is 4. The van der Waals surface area contributed by atoms with Gasteiger partial charge in [0.1, 0.15) is 31.4 Å². The Balaban J connectivity index is 0. The van der Waals surface area contributed by atoms with Gasteiger partial charge in [-0.15, -0.1) is 0 Å². The largest absolute Gasteiger partial charge is 0.726 e. The van der Waals surface area contributed by atoms with Gasteiger partial charge in [-0.05, 0) is 91.9 Å². The van der Waals surface area contributed by atoms with Gasteiger partial charge in [0.15, 0.2) is 0 Å². The Morgan fingerprint density at radius 1 is 0.569 bits per heavy atom. The summed E-state index contributed by atoms with van der Waals surface area (Å²) in [4.78, 5) is 27.5. The average molecular weight is 947 g/mol. The highest BCUT2D eigenvalue weighted by molar-refractivity contribution is 7.80. The number of hydrogen-bond acceptors (Lipinski definition) is 11. The molecule has 0 aliphatic rings. The summed E-state index contributed by atoms with van der Waals surface area (Å²) in [6, 6.07) is 0. The molecular formula is C52H102N2O10S. The molecule has 12 nitrogen and oxygen atoms in total. The topological polar surface area (TPSA) is 163 Å². The predicted molar refractivity (Wildman–Crippen MR) is 267 cm³/mol. The van der Waals surface area contributed by atoms with Crippen LogP contribution in [0.4, 0.5) is 0 Å². The van der Waals surface area contributed by atoms with Crippen LogP contribution in [-0.2, 0) is 33.6 Å². The van der Waals surface area contributed by atoms with Gasteiger partial charge in [-0.1, -0.05) is 141 Å². The molecule has 0 radical (unpaired) electrons. The smallest absolute Gasteiger partial charge is 0.306 e. The zero-order chi connectivity index (χ0) is 49.0. The lowest BCUT2D eigenvalue weighted by Crippen LogP contribution is -2.56. The van der Waals surface area contributed by atoms with Gasteiger partial charge in [0.2, 0.25) is 10.4 Å². The first kappa shape index (κ1) is 65.2. The van der Waals surface area contributed by atoms with Crippen molar-refractivity contribution in [2.75, 3.05) is 53.4 Å². The molecule has 0 aromatic heterocycles. The molecule has 0 fully saturated rings. The zero-order valence-electron chi connectivity index (χ0n) is 43.1. The van der Waals surface area contributed by atoms with Crippen LogP contribution in [-0.4, -0.2) is 122 Å². The number of quaternary nitrogens is 1. The molecule has 0 saturated heterocycles. The van der Waals surface area contributed by atoms with Gasteiger partial charge in [-0.25, -0.2) is 8.42 Å². The van der Waals surface area contributed by atoms with E-state index < -0.39 is 22.6 Å². The van der Waals surface area contributed by atoms with Gasteiger partial charge in [-0.3, -0.25) is 18.7 Å². The number of carbonyl (C=O) groups is 2. The molecule has 386 valence electrons. The van der Waals surface area contributed by atoms with Gasteiger partial charge < -0.3 is 28.7 Å². The molecule has 0 aromatic carbocycles. The molecule has 0 spiro atoms. The molecule has 2 N–H and O–H groups in total. The maximum atomic E-state index is 12.7. The number of aliphatic hydroxyl groups excluding tert-OH is 2.